The minimum atomic E-state index is -0.387. The summed E-state index contributed by atoms with van der Waals surface area (Å²) in [7, 11) is 0. The summed E-state index contributed by atoms with van der Waals surface area (Å²) in [6.07, 6.45) is 1.38. The largest absolute Gasteiger partial charge is 0.325 e. The molecule has 0 saturated carbocycles. The van der Waals surface area contributed by atoms with Crippen LogP contribution in [-0.2, 0) is 11.3 Å². The van der Waals surface area contributed by atoms with Crippen molar-refractivity contribution in [1.82, 2.24) is 9.55 Å². The molecule has 0 aliphatic heterocycles. The van der Waals surface area contributed by atoms with Gasteiger partial charge in [0, 0.05) is 16.6 Å². The first-order valence-electron chi connectivity index (χ1n) is 8.60. The molecule has 28 heavy (non-hydrogen) atoms. The summed E-state index contributed by atoms with van der Waals surface area (Å²) in [6, 6.07) is 13.4. The van der Waals surface area contributed by atoms with Crippen molar-refractivity contribution in [2.45, 2.75) is 13.5 Å². The standard InChI is InChI=1S/C21H16FN3O2S/c1-13-2-4-14(5-3-13)17-11-28-20-19(17)21(27)25(12-23-20)10-18(26)24-16-8-6-15(22)7-9-16/h2-9,11-12H,10H2,1H3,(H,24,26). The minimum absolute atomic E-state index is 0.178. The van der Waals surface area contributed by atoms with E-state index in [4.69, 9.17) is 0 Å². The molecule has 1 N–H and O–H groups in total. The highest BCUT2D eigenvalue weighted by Gasteiger charge is 2.14. The topological polar surface area (TPSA) is 64.0 Å². The van der Waals surface area contributed by atoms with E-state index < -0.39 is 0 Å². The van der Waals surface area contributed by atoms with Crippen LogP contribution in [0.25, 0.3) is 21.3 Å². The van der Waals surface area contributed by atoms with Crippen LogP contribution in [0.15, 0.2) is 65.0 Å². The maximum atomic E-state index is 13.0. The molecule has 2 heterocycles. The second-order valence-corrected chi connectivity index (χ2v) is 7.29. The SMILES string of the molecule is Cc1ccc(-c2csc3ncn(CC(=O)Nc4ccc(F)cc4)c(=O)c23)cc1. The summed E-state index contributed by atoms with van der Waals surface area (Å²) >= 11 is 1.40. The van der Waals surface area contributed by atoms with Gasteiger partial charge in [0.1, 0.15) is 17.2 Å². The van der Waals surface area contributed by atoms with Gasteiger partial charge in [0.05, 0.1) is 11.7 Å². The van der Waals surface area contributed by atoms with Crippen LogP contribution < -0.4 is 10.9 Å². The van der Waals surface area contributed by atoms with Gasteiger partial charge in [0.2, 0.25) is 5.91 Å². The smallest absolute Gasteiger partial charge is 0.263 e. The van der Waals surface area contributed by atoms with Crippen LogP contribution >= 0.6 is 11.3 Å². The molecule has 140 valence electrons. The van der Waals surface area contributed by atoms with Gasteiger partial charge in [0.25, 0.3) is 5.56 Å². The fourth-order valence-electron chi connectivity index (χ4n) is 2.91. The van der Waals surface area contributed by atoms with Crippen LogP contribution in [0.1, 0.15) is 5.56 Å². The number of amides is 1. The molecule has 0 radical (unpaired) electrons. The number of benzene rings is 2. The van der Waals surface area contributed by atoms with Gasteiger partial charge < -0.3 is 5.32 Å². The van der Waals surface area contributed by atoms with Crippen molar-refractivity contribution in [3.8, 4) is 11.1 Å². The van der Waals surface area contributed by atoms with Crippen molar-refractivity contribution in [3.63, 3.8) is 0 Å². The molecular formula is C21H16FN3O2S. The number of aryl methyl sites for hydroxylation is 1. The van der Waals surface area contributed by atoms with Gasteiger partial charge in [0.15, 0.2) is 0 Å². The Kier molecular flexibility index (Phi) is 4.75. The first-order chi connectivity index (χ1) is 13.5. The molecule has 0 unspecified atom stereocenters. The van der Waals surface area contributed by atoms with Crippen LogP contribution in [0.4, 0.5) is 10.1 Å². The first kappa shape index (κ1) is 18.1. The van der Waals surface area contributed by atoms with E-state index in [1.54, 1.807) is 0 Å². The van der Waals surface area contributed by atoms with Crippen LogP contribution in [0, 0.1) is 12.7 Å². The Labute approximate surface area is 164 Å². The monoisotopic (exact) mass is 393 g/mol. The van der Waals surface area contributed by atoms with E-state index in [2.05, 4.69) is 10.3 Å². The third kappa shape index (κ3) is 3.57. The zero-order chi connectivity index (χ0) is 19.7. The van der Waals surface area contributed by atoms with Crippen molar-refractivity contribution in [2.24, 2.45) is 0 Å². The summed E-state index contributed by atoms with van der Waals surface area (Å²) in [4.78, 5) is 30.2. The molecule has 0 aliphatic rings. The quantitative estimate of drug-likeness (QED) is 0.565. The van der Waals surface area contributed by atoms with Crippen molar-refractivity contribution >= 4 is 33.1 Å². The number of halogens is 1. The highest BCUT2D eigenvalue weighted by molar-refractivity contribution is 7.17. The fourth-order valence-corrected chi connectivity index (χ4v) is 3.82. The normalized spacial score (nSPS) is 10.9. The van der Waals surface area contributed by atoms with Crippen LogP contribution in [0.2, 0.25) is 0 Å². The molecule has 4 rings (SSSR count). The van der Waals surface area contributed by atoms with Crippen molar-refractivity contribution in [1.29, 1.82) is 0 Å². The predicted molar refractivity (Wildman–Crippen MR) is 109 cm³/mol. The Morgan fingerprint density at radius 2 is 1.86 bits per heavy atom. The summed E-state index contributed by atoms with van der Waals surface area (Å²) < 4.78 is 14.3. The number of carbonyl (C=O) groups is 1. The van der Waals surface area contributed by atoms with Gasteiger partial charge in [-0.2, -0.15) is 0 Å². The number of nitrogens with one attached hydrogen (secondary N) is 1. The van der Waals surface area contributed by atoms with Crippen LogP contribution in [0.5, 0.6) is 0 Å². The summed E-state index contributed by atoms with van der Waals surface area (Å²) in [5.41, 5.74) is 3.08. The van der Waals surface area contributed by atoms with E-state index in [-0.39, 0.29) is 23.8 Å². The van der Waals surface area contributed by atoms with E-state index in [0.29, 0.717) is 15.9 Å². The number of hydrogen-bond donors (Lipinski definition) is 1. The molecule has 2 aromatic heterocycles. The lowest BCUT2D eigenvalue weighted by atomic mass is 10.1. The summed E-state index contributed by atoms with van der Waals surface area (Å²) in [5.74, 6) is -0.771. The zero-order valence-electron chi connectivity index (χ0n) is 15.0. The van der Waals surface area contributed by atoms with Gasteiger partial charge in [-0.3, -0.25) is 14.2 Å². The van der Waals surface area contributed by atoms with E-state index >= 15 is 0 Å². The molecule has 0 fully saturated rings. The lowest BCUT2D eigenvalue weighted by molar-refractivity contribution is -0.116. The number of nitrogens with zero attached hydrogens (tertiary/aromatic N) is 2. The Bertz CT molecular complexity index is 1210. The Balaban J connectivity index is 1.64. The predicted octanol–water partition coefficient (Wildman–Crippen LogP) is 4.21. The third-order valence-electron chi connectivity index (χ3n) is 4.37. The molecular weight excluding hydrogens is 377 g/mol. The number of thiophene rings is 1. The van der Waals surface area contributed by atoms with E-state index in [0.717, 1.165) is 16.7 Å². The number of anilines is 1. The minimum Gasteiger partial charge on any atom is -0.325 e. The molecule has 0 aliphatic carbocycles. The lowest BCUT2D eigenvalue weighted by Crippen LogP contribution is -2.27. The number of fused-ring (bicyclic) bond motifs is 1. The Morgan fingerprint density at radius 1 is 1.14 bits per heavy atom. The van der Waals surface area contributed by atoms with Crippen molar-refractivity contribution in [2.75, 3.05) is 5.32 Å². The average molecular weight is 393 g/mol. The van der Waals surface area contributed by atoms with Gasteiger partial charge in [-0.25, -0.2) is 9.37 Å². The van der Waals surface area contributed by atoms with Gasteiger partial charge in [-0.15, -0.1) is 11.3 Å². The molecule has 0 bridgehead atoms. The molecule has 0 saturated heterocycles. The molecule has 0 atom stereocenters. The maximum Gasteiger partial charge on any atom is 0.263 e. The highest BCUT2D eigenvalue weighted by atomic mass is 32.1. The number of rotatable bonds is 4. The van der Waals surface area contributed by atoms with E-state index in [9.17, 15) is 14.0 Å². The van der Waals surface area contributed by atoms with Crippen LogP contribution in [0.3, 0.4) is 0 Å². The number of aromatic nitrogens is 2. The second-order valence-electron chi connectivity index (χ2n) is 6.43. The first-order valence-corrected chi connectivity index (χ1v) is 9.48. The fraction of sp³-hybridized carbons (Fsp3) is 0.0952. The maximum absolute atomic E-state index is 13.0. The number of hydrogen-bond acceptors (Lipinski definition) is 4. The lowest BCUT2D eigenvalue weighted by Gasteiger charge is -2.08. The van der Waals surface area contributed by atoms with Gasteiger partial charge in [-0.1, -0.05) is 29.8 Å². The number of carbonyl (C=O) groups excluding carboxylic acids is 1. The Morgan fingerprint density at radius 3 is 2.57 bits per heavy atom. The zero-order valence-corrected chi connectivity index (χ0v) is 15.8. The summed E-state index contributed by atoms with van der Waals surface area (Å²) in [5, 5.41) is 5.06. The molecule has 4 aromatic rings. The van der Waals surface area contributed by atoms with E-state index in [1.165, 1.54) is 46.5 Å². The van der Waals surface area contributed by atoms with Crippen LogP contribution in [-0.4, -0.2) is 15.5 Å². The van der Waals surface area contributed by atoms with Gasteiger partial charge in [-0.05, 0) is 36.8 Å². The molecule has 2 aromatic carbocycles. The third-order valence-corrected chi connectivity index (χ3v) is 5.25. The highest BCUT2D eigenvalue weighted by Crippen LogP contribution is 2.30. The Hall–Kier alpha value is -3.32. The molecule has 7 heteroatoms. The van der Waals surface area contributed by atoms with E-state index in [1.807, 2.05) is 36.6 Å². The van der Waals surface area contributed by atoms with Crippen molar-refractivity contribution < 1.29 is 9.18 Å². The average Bonchev–Trinajstić information content (AvgIpc) is 3.11. The molecule has 1 amide bonds. The second kappa shape index (κ2) is 7.36. The molecule has 5 nitrogen and oxygen atoms in total. The molecule has 0 spiro atoms. The van der Waals surface area contributed by atoms with Gasteiger partial charge >= 0.3 is 0 Å². The van der Waals surface area contributed by atoms with Crippen molar-refractivity contribution in [3.05, 3.63) is 82.0 Å². The summed E-state index contributed by atoms with van der Waals surface area (Å²) in [6.45, 7) is 1.83.